The van der Waals surface area contributed by atoms with Crippen LogP contribution in [0.2, 0.25) is 0 Å². The Kier molecular flexibility index (Phi) is 1.34. The van der Waals surface area contributed by atoms with Gasteiger partial charge in [-0.05, 0) is 6.07 Å². The third kappa shape index (κ3) is 0.868. The number of rotatable bonds is 0. The fourth-order valence-electron chi connectivity index (χ4n) is 1.05. The Balaban J connectivity index is 3.03. The SMILES string of the molecule is O=c1[nH]sc2cc(O)cc(O)c12. The van der Waals surface area contributed by atoms with Gasteiger partial charge >= 0.3 is 0 Å². The van der Waals surface area contributed by atoms with Gasteiger partial charge in [0.15, 0.2) is 0 Å². The van der Waals surface area contributed by atoms with Crippen molar-refractivity contribution in [3.63, 3.8) is 0 Å². The molecule has 0 amide bonds. The van der Waals surface area contributed by atoms with E-state index in [2.05, 4.69) is 4.37 Å². The minimum Gasteiger partial charge on any atom is -0.508 e. The summed E-state index contributed by atoms with van der Waals surface area (Å²) in [6.45, 7) is 0. The fraction of sp³-hybridized carbons (Fsp3) is 0. The molecule has 0 bridgehead atoms. The number of hydrogen-bond donors (Lipinski definition) is 3. The Bertz CT molecular complexity index is 485. The minimum atomic E-state index is -0.326. The molecule has 0 spiro atoms. The van der Waals surface area contributed by atoms with Gasteiger partial charge in [0.05, 0.1) is 4.70 Å². The van der Waals surface area contributed by atoms with Crippen molar-refractivity contribution in [1.29, 1.82) is 0 Å². The topological polar surface area (TPSA) is 73.3 Å². The maximum atomic E-state index is 11.0. The first-order valence-electron chi connectivity index (χ1n) is 3.21. The van der Waals surface area contributed by atoms with E-state index in [-0.39, 0.29) is 22.4 Å². The van der Waals surface area contributed by atoms with Gasteiger partial charge in [-0.1, -0.05) is 11.5 Å². The van der Waals surface area contributed by atoms with Crippen LogP contribution in [0.3, 0.4) is 0 Å². The molecule has 0 aliphatic carbocycles. The van der Waals surface area contributed by atoms with Crippen LogP contribution in [0, 0.1) is 0 Å². The molecular weight excluding hydrogens is 178 g/mol. The van der Waals surface area contributed by atoms with E-state index in [1.54, 1.807) is 0 Å². The number of H-pyrrole nitrogens is 1. The molecule has 0 atom stereocenters. The Morgan fingerprint density at radius 1 is 1.33 bits per heavy atom. The molecule has 12 heavy (non-hydrogen) atoms. The van der Waals surface area contributed by atoms with Crippen LogP contribution in [0.1, 0.15) is 0 Å². The Hall–Kier alpha value is -1.49. The van der Waals surface area contributed by atoms with Crippen molar-refractivity contribution in [2.24, 2.45) is 0 Å². The monoisotopic (exact) mass is 183 g/mol. The third-order valence-electron chi connectivity index (χ3n) is 1.55. The van der Waals surface area contributed by atoms with E-state index >= 15 is 0 Å². The molecule has 1 aromatic heterocycles. The summed E-state index contributed by atoms with van der Waals surface area (Å²) >= 11 is 1.08. The molecule has 62 valence electrons. The molecule has 0 saturated heterocycles. The molecule has 0 unspecified atom stereocenters. The molecule has 1 heterocycles. The molecule has 2 aromatic rings. The van der Waals surface area contributed by atoms with Gasteiger partial charge in [-0.25, -0.2) is 0 Å². The standard InChI is InChI=1S/C7H5NO3S/c9-3-1-4(10)6-5(2-3)12-8-7(6)11/h1-2,9-10H,(H,8,11). The van der Waals surface area contributed by atoms with Crippen molar-refractivity contribution in [1.82, 2.24) is 4.37 Å². The molecule has 0 aliphatic heterocycles. The van der Waals surface area contributed by atoms with Crippen molar-refractivity contribution in [3.8, 4) is 11.5 Å². The number of aromatic amines is 1. The van der Waals surface area contributed by atoms with Crippen LogP contribution in [-0.2, 0) is 0 Å². The highest BCUT2D eigenvalue weighted by Gasteiger charge is 2.07. The van der Waals surface area contributed by atoms with Crippen molar-refractivity contribution >= 4 is 21.6 Å². The van der Waals surface area contributed by atoms with E-state index in [1.165, 1.54) is 6.07 Å². The van der Waals surface area contributed by atoms with E-state index in [4.69, 9.17) is 5.11 Å². The predicted octanol–water partition coefficient (Wildman–Crippen LogP) is 1.00. The summed E-state index contributed by atoms with van der Waals surface area (Å²) in [5.74, 6) is -0.234. The van der Waals surface area contributed by atoms with Crippen LogP contribution in [0.5, 0.6) is 11.5 Å². The Morgan fingerprint density at radius 3 is 2.83 bits per heavy atom. The average Bonchev–Trinajstić information content (AvgIpc) is 2.31. The number of phenols is 2. The van der Waals surface area contributed by atoms with Gasteiger partial charge in [-0.15, -0.1) is 0 Å². The molecule has 5 heteroatoms. The smallest absolute Gasteiger partial charge is 0.269 e. The van der Waals surface area contributed by atoms with Crippen molar-refractivity contribution < 1.29 is 10.2 Å². The maximum absolute atomic E-state index is 11.0. The van der Waals surface area contributed by atoms with Gasteiger partial charge < -0.3 is 10.2 Å². The zero-order chi connectivity index (χ0) is 8.72. The Morgan fingerprint density at radius 2 is 2.08 bits per heavy atom. The second-order valence-electron chi connectivity index (χ2n) is 2.37. The van der Waals surface area contributed by atoms with Crippen molar-refractivity contribution in [2.75, 3.05) is 0 Å². The zero-order valence-corrected chi connectivity index (χ0v) is 6.68. The lowest BCUT2D eigenvalue weighted by Gasteiger charge is -1.93. The highest BCUT2D eigenvalue weighted by Crippen LogP contribution is 2.28. The van der Waals surface area contributed by atoms with E-state index < -0.39 is 0 Å². The zero-order valence-electron chi connectivity index (χ0n) is 5.87. The largest absolute Gasteiger partial charge is 0.508 e. The second-order valence-corrected chi connectivity index (χ2v) is 3.22. The number of aromatic nitrogens is 1. The van der Waals surface area contributed by atoms with Gasteiger partial charge in [0.25, 0.3) is 5.56 Å². The van der Waals surface area contributed by atoms with Gasteiger partial charge in [-0.3, -0.25) is 9.17 Å². The highest BCUT2D eigenvalue weighted by molar-refractivity contribution is 7.13. The number of nitrogens with one attached hydrogen (secondary N) is 1. The number of hydrogen-bond acceptors (Lipinski definition) is 4. The molecule has 4 nitrogen and oxygen atoms in total. The third-order valence-corrected chi connectivity index (χ3v) is 2.38. The van der Waals surface area contributed by atoms with Crippen LogP contribution in [0.4, 0.5) is 0 Å². The number of fused-ring (bicyclic) bond motifs is 1. The highest BCUT2D eigenvalue weighted by atomic mass is 32.1. The quantitative estimate of drug-likeness (QED) is 0.570. The van der Waals surface area contributed by atoms with Crippen molar-refractivity contribution in [3.05, 3.63) is 22.5 Å². The van der Waals surface area contributed by atoms with Crippen LogP contribution in [0.15, 0.2) is 16.9 Å². The lowest BCUT2D eigenvalue weighted by Crippen LogP contribution is -1.95. The lowest BCUT2D eigenvalue weighted by atomic mass is 10.2. The van der Waals surface area contributed by atoms with Crippen molar-refractivity contribution in [2.45, 2.75) is 0 Å². The predicted molar refractivity (Wildman–Crippen MR) is 45.8 cm³/mol. The number of aromatic hydroxyl groups is 2. The molecule has 2 rings (SSSR count). The first-order valence-corrected chi connectivity index (χ1v) is 4.03. The fourth-order valence-corrected chi connectivity index (χ4v) is 1.83. The maximum Gasteiger partial charge on any atom is 0.269 e. The Labute approximate surface area is 70.9 Å². The van der Waals surface area contributed by atoms with Crippen LogP contribution >= 0.6 is 11.5 Å². The van der Waals surface area contributed by atoms with E-state index in [0.29, 0.717) is 4.70 Å². The summed E-state index contributed by atoms with van der Waals surface area (Å²) < 4.78 is 3.01. The van der Waals surface area contributed by atoms with Gasteiger partial charge in [0, 0.05) is 6.07 Å². The number of benzene rings is 1. The molecule has 0 aliphatic rings. The molecular formula is C7H5NO3S. The molecule has 0 saturated carbocycles. The average molecular weight is 183 g/mol. The molecule has 0 radical (unpaired) electrons. The second kappa shape index (κ2) is 2.25. The minimum absolute atomic E-state index is 0.0461. The summed E-state index contributed by atoms with van der Waals surface area (Å²) in [5.41, 5.74) is -0.326. The summed E-state index contributed by atoms with van der Waals surface area (Å²) in [4.78, 5) is 11.0. The van der Waals surface area contributed by atoms with Crippen LogP contribution < -0.4 is 5.56 Å². The molecule has 1 aromatic carbocycles. The normalized spacial score (nSPS) is 10.7. The summed E-state index contributed by atoms with van der Waals surface area (Å²) in [6, 6.07) is 2.57. The summed E-state index contributed by atoms with van der Waals surface area (Å²) in [7, 11) is 0. The summed E-state index contributed by atoms with van der Waals surface area (Å²) in [5, 5.41) is 18.5. The van der Waals surface area contributed by atoms with E-state index in [9.17, 15) is 9.90 Å². The summed E-state index contributed by atoms with van der Waals surface area (Å²) in [6.07, 6.45) is 0. The van der Waals surface area contributed by atoms with Gasteiger partial charge in [0.1, 0.15) is 16.9 Å². The van der Waals surface area contributed by atoms with E-state index in [0.717, 1.165) is 17.6 Å². The van der Waals surface area contributed by atoms with Crippen LogP contribution in [0.25, 0.3) is 10.1 Å². The first kappa shape index (κ1) is 7.17. The molecule has 3 N–H and O–H groups in total. The van der Waals surface area contributed by atoms with Crippen LogP contribution in [-0.4, -0.2) is 14.6 Å². The van der Waals surface area contributed by atoms with Gasteiger partial charge in [-0.2, -0.15) is 0 Å². The van der Waals surface area contributed by atoms with E-state index in [1.807, 2.05) is 0 Å². The van der Waals surface area contributed by atoms with Gasteiger partial charge in [0.2, 0.25) is 0 Å². The number of phenolic OH excluding ortho intramolecular Hbond substituents is 2. The first-order chi connectivity index (χ1) is 5.68. The molecule has 0 fully saturated rings. The lowest BCUT2D eigenvalue weighted by molar-refractivity contribution is 0.455.